The molecule has 0 amide bonds. The molecule has 1 saturated heterocycles. The number of imidazole rings is 1. The Balaban J connectivity index is 1.74. The molecule has 2 aromatic heterocycles. The van der Waals surface area contributed by atoms with Crippen molar-refractivity contribution in [3.8, 4) is 0 Å². The molecule has 3 N–H and O–H groups in total. The van der Waals surface area contributed by atoms with Gasteiger partial charge in [-0.25, -0.2) is 4.98 Å². The van der Waals surface area contributed by atoms with Crippen molar-refractivity contribution in [2.24, 2.45) is 5.73 Å². The van der Waals surface area contributed by atoms with Crippen molar-refractivity contribution >= 4 is 17.1 Å². The number of aromatic amines is 1. The number of nitrogens with one attached hydrogen (secondary N) is 1. The van der Waals surface area contributed by atoms with Crippen molar-refractivity contribution in [3.05, 3.63) is 52.1 Å². The van der Waals surface area contributed by atoms with Crippen molar-refractivity contribution in [1.82, 2.24) is 19.5 Å². The molecule has 1 unspecified atom stereocenters. The smallest absolute Gasteiger partial charge is 0.277 e. The van der Waals surface area contributed by atoms with Crippen LogP contribution in [0.1, 0.15) is 44.0 Å². The number of nitrogens with two attached hydrogens (primary N) is 1. The van der Waals surface area contributed by atoms with Gasteiger partial charge in [-0.1, -0.05) is 43.7 Å². The molecule has 0 aliphatic carbocycles. The molecule has 4 rings (SSSR count). The van der Waals surface area contributed by atoms with E-state index in [9.17, 15) is 4.79 Å². The molecule has 154 valence electrons. The van der Waals surface area contributed by atoms with Gasteiger partial charge in [0.25, 0.3) is 5.56 Å². The van der Waals surface area contributed by atoms with Crippen LogP contribution >= 0.6 is 0 Å². The zero-order valence-corrected chi connectivity index (χ0v) is 17.1. The van der Waals surface area contributed by atoms with Gasteiger partial charge >= 0.3 is 0 Å². The van der Waals surface area contributed by atoms with Crippen LogP contribution in [0.15, 0.2) is 35.1 Å². The summed E-state index contributed by atoms with van der Waals surface area (Å²) in [5.41, 5.74) is 8.46. The summed E-state index contributed by atoms with van der Waals surface area (Å²) < 4.78 is 2.04. The Morgan fingerprint density at radius 3 is 2.79 bits per heavy atom. The lowest BCUT2D eigenvalue weighted by atomic mass is 10.1. The topological polar surface area (TPSA) is 92.8 Å². The second kappa shape index (κ2) is 8.78. The molecule has 7 heteroatoms. The number of rotatable bonds is 7. The van der Waals surface area contributed by atoms with E-state index < -0.39 is 0 Å². The molecule has 3 aromatic rings. The quantitative estimate of drug-likeness (QED) is 0.643. The van der Waals surface area contributed by atoms with Crippen molar-refractivity contribution in [1.29, 1.82) is 0 Å². The number of fused-ring (bicyclic) bond motifs is 1. The van der Waals surface area contributed by atoms with Crippen LogP contribution in [0.4, 0.5) is 5.95 Å². The summed E-state index contributed by atoms with van der Waals surface area (Å²) in [5.74, 6) is 1.54. The normalized spacial score (nSPS) is 17.2. The maximum Gasteiger partial charge on any atom is 0.277 e. The van der Waals surface area contributed by atoms with E-state index >= 15 is 0 Å². The zero-order valence-electron chi connectivity index (χ0n) is 17.1. The van der Waals surface area contributed by atoms with Crippen LogP contribution in [-0.4, -0.2) is 38.7 Å². The number of hydrogen-bond acceptors (Lipinski definition) is 5. The number of piperidine rings is 1. The van der Waals surface area contributed by atoms with Crippen molar-refractivity contribution in [2.75, 3.05) is 18.0 Å². The van der Waals surface area contributed by atoms with E-state index in [-0.39, 0.29) is 11.6 Å². The minimum absolute atomic E-state index is 0.103. The first kappa shape index (κ1) is 19.6. The third-order valence-electron chi connectivity index (χ3n) is 5.62. The Bertz CT molecular complexity index is 1010. The SMILES string of the molecule is CCCCc1nc2nc(N3CCCC(N)C3)n(CCc3ccccc3)c2c(=O)[nH]1. The number of nitrogens with zero attached hydrogens (tertiary/aromatic N) is 4. The first-order valence-electron chi connectivity index (χ1n) is 10.7. The highest BCUT2D eigenvalue weighted by atomic mass is 16.1. The molecule has 7 nitrogen and oxygen atoms in total. The van der Waals surface area contributed by atoms with E-state index in [1.165, 1.54) is 5.56 Å². The van der Waals surface area contributed by atoms with E-state index in [2.05, 4.69) is 33.9 Å². The lowest BCUT2D eigenvalue weighted by Crippen LogP contribution is -2.44. The highest BCUT2D eigenvalue weighted by Gasteiger charge is 2.24. The van der Waals surface area contributed by atoms with Crippen molar-refractivity contribution < 1.29 is 0 Å². The molecular formula is C22H30N6O. The van der Waals surface area contributed by atoms with Crippen LogP contribution < -0.4 is 16.2 Å². The van der Waals surface area contributed by atoms with Gasteiger partial charge in [-0.2, -0.15) is 4.98 Å². The highest BCUT2D eigenvalue weighted by Crippen LogP contribution is 2.23. The number of aryl methyl sites for hydroxylation is 3. The van der Waals surface area contributed by atoms with Gasteiger partial charge in [-0.15, -0.1) is 0 Å². The summed E-state index contributed by atoms with van der Waals surface area (Å²) in [6, 6.07) is 10.5. The molecule has 0 bridgehead atoms. The predicted octanol–water partition coefficient (Wildman–Crippen LogP) is 2.63. The molecule has 1 fully saturated rings. The molecule has 1 aliphatic rings. The number of aromatic nitrogens is 4. The van der Waals surface area contributed by atoms with Crippen LogP contribution in [0.5, 0.6) is 0 Å². The van der Waals surface area contributed by atoms with Gasteiger partial charge in [0.15, 0.2) is 11.2 Å². The van der Waals surface area contributed by atoms with Crippen molar-refractivity contribution in [2.45, 2.75) is 58.0 Å². The largest absolute Gasteiger partial charge is 0.341 e. The third-order valence-corrected chi connectivity index (χ3v) is 5.62. The first-order chi connectivity index (χ1) is 14.2. The number of H-pyrrole nitrogens is 1. The highest BCUT2D eigenvalue weighted by molar-refractivity contribution is 5.74. The van der Waals surface area contributed by atoms with Crippen LogP contribution in [-0.2, 0) is 19.4 Å². The molecule has 0 spiro atoms. The maximum atomic E-state index is 13.0. The fourth-order valence-electron chi connectivity index (χ4n) is 4.07. The molecule has 0 radical (unpaired) electrons. The minimum Gasteiger partial charge on any atom is -0.341 e. The van der Waals surface area contributed by atoms with Gasteiger partial charge in [0.1, 0.15) is 5.82 Å². The summed E-state index contributed by atoms with van der Waals surface area (Å²) >= 11 is 0. The fraction of sp³-hybridized carbons (Fsp3) is 0.500. The average molecular weight is 395 g/mol. The first-order valence-corrected chi connectivity index (χ1v) is 10.7. The summed E-state index contributed by atoms with van der Waals surface area (Å²) in [5, 5.41) is 0. The summed E-state index contributed by atoms with van der Waals surface area (Å²) in [6.45, 7) is 4.48. The Hall–Kier alpha value is -2.67. The number of anilines is 1. The van der Waals surface area contributed by atoms with Gasteiger partial charge in [0.2, 0.25) is 5.95 Å². The standard InChI is InChI=1S/C22H30N6O/c1-2-3-11-18-24-20-19(21(29)25-18)28(14-12-16-8-5-4-6-9-16)22(26-20)27-13-7-10-17(23)15-27/h4-6,8-9,17H,2-3,7,10-15,23H2,1H3,(H,24,25,29). The van der Waals surface area contributed by atoms with Gasteiger partial charge in [-0.05, 0) is 31.2 Å². The zero-order chi connectivity index (χ0) is 20.2. The molecule has 0 saturated carbocycles. The van der Waals surface area contributed by atoms with Crippen LogP contribution in [0, 0.1) is 0 Å². The van der Waals surface area contributed by atoms with Crippen molar-refractivity contribution in [3.63, 3.8) is 0 Å². The predicted molar refractivity (Wildman–Crippen MR) is 116 cm³/mol. The summed E-state index contributed by atoms with van der Waals surface area (Å²) in [7, 11) is 0. The second-order valence-corrected chi connectivity index (χ2v) is 7.94. The van der Waals surface area contributed by atoms with Gasteiger partial charge < -0.3 is 20.2 Å². The molecule has 3 heterocycles. The Labute approximate surface area is 171 Å². The lowest BCUT2D eigenvalue weighted by molar-refractivity contribution is 0.493. The maximum absolute atomic E-state index is 13.0. The Kier molecular flexibility index (Phi) is 5.94. The molecule has 1 atom stereocenters. The molecule has 29 heavy (non-hydrogen) atoms. The Morgan fingerprint density at radius 2 is 2.03 bits per heavy atom. The fourth-order valence-corrected chi connectivity index (χ4v) is 4.07. The van der Waals surface area contributed by atoms with E-state index in [1.807, 2.05) is 22.8 Å². The van der Waals surface area contributed by atoms with Gasteiger partial charge in [0, 0.05) is 32.1 Å². The van der Waals surface area contributed by atoms with E-state index in [1.54, 1.807) is 0 Å². The average Bonchev–Trinajstić information content (AvgIpc) is 3.10. The number of hydrogen-bond donors (Lipinski definition) is 2. The molecule has 1 aromatic carbocycles. The molecule has 1 aliphatic heterocycles. The van der Waals surface area contributed by atoms with E-state index in [4.69, 9.17) is 10.7 Å². The third kappa shape index (κ3) is 4.34. The van der Waals surface area contributed by atoms with Crippen LogP contribution in [0.25, 0.3) is 11.2 Å². The van der Waals surface area contributed by atoms with Gasteiger partial charge in [0.05, 0.1) is 0 Å². The van der Waals surface area contributed by atoms with Crippen LogP contribution in [0.2, 0.25) is 0 Å². The van der Waals surface area contributed by atoms with E-state index in [0.29, 0.717) is 17.7 Å². The lowest BCUT2D eigenvalue weighted by Gasteiger charge is -2.31. The second-order valence-electron chi connectivity index (χ2n) is 7.94. The van der Waals surface area contributed by atoms with E-state index in [0.717, 1.165) is 63.4 Å². The number of benzene rings is 1. The molecular weight excluding hydrogens is 364 g/mol. The Morgan fingerprint density at radius 1 is 1.21 bits per heavy atom. The van der Waals surface area contributed by atoms with Gasteiger partial charge in [-0.3, -0.25) is 4.79 Å². The monoisotopic (exact) mass is 394 g/mol. The number of unbranched alkanes of at least 4 members (excludes halogenated alkanes) is 1. The van der Waals surface area contributed by atoms with Crippen LogP contribution in [0.3, 0.4) is 0 Å². The summed E-state index contributed by atoms with van der Waals surface area (Å²) in [4.78, 5) is 27.6. The minimum atomic E-state index is -0.103. The summed E-state index contributed by atoms with van der Waals surface area (Å²) in [6.07, 6.45) is 5.72.